The fourth-order valence-corrected chi connectivity index (χ4v) is 3.03. The molecule has 0 aliphatic heterocycles. The fraction of sp³-hybridized carbons (Fsp3) is 0.353. The van der Waals surface area contributed by atoms with E-state index in [1.807, 2.05) is 11.6 Å². The summed E-state index contributed by atoms with van der Waals surface area (Å²) in [5, 5.41) is 8.83. The van der Waals surface area contributed by atoms with Gasteiger partial charge in [0.1, 0.15) is 17.8 Å². The minimum atomic E-state index is -1.05. The van der Waals surface area contributed by atoms with Crippen LogP contribution in [0.3, 0.4) is 0 Å². The van der Waals surface area contributed by atoms with Gasteiger partial charge in [-0.25, -0.2) is 10.5 Å². The number of nitrogens with one attached hydrogen (secondary N) is 1. The maximum Gasteiger partial charge on any atom is 0.317 e. The van der Waals surface area contributed by atoms with E-state index in [4.69, 9.17) is 14.7 Å². The second kappa shape index (κ2) is 6.56. The van der Waals surface area contributed by atoms with E-state index >= 15 is 0 Å². The second-order valence-corrected chi connectivity index (χ2v) is 6.00. The third kappa shape index (κ3) is 2.96. The number of methoxy groups -OCH3 is 1. The Labute approximate surface area is 144 Å². The molecule has 2 atom stereocenters. The fourth-order valence-electron chi connectivity index (χ4n) is 3.03. The molecule has 2 N–H and O–H groups in total. The number of carbonyl (C=O) groups excluding carboxylic acids is 2. The molecule has 0 unspecified atom stereocenters. The number of esters is 1. The van der Waals surface area contributed by atoms with E-state index in [-0.39, 0.29) is 0 Å². The van der Waals surface area contributed by atoms with Gasteiger partial charge in [0.15, 0.2) is 0 Å². The Bertz CT molecular complexity index is 786. The van der Waals surface area contributed by atoms with Crippen molar-refractivity contribution < 1.29 is 24.3 Å². The molecule has 0 radical (unpaired) electrons. The Morgan fingerprint density at radius 2 is 2.12 bits per heavy atom. The molecule has 25 heavy (non-hydrogen) atoms. The van der Waals surface area contributed by atoms with Gasteiger partial charge in [0.25, 0.3) is 0 Å². The van der Waals surface area contributed by atoms with Gasteiger partial charge in [-0.05, 0) is 24.1 Å². The van der Waals surface area contributed by atoms with Gasteiger partial charge in [-0.2, -0.15) is 0 Å². The number of rotatable bonds is 6. The van der Waals surface area contributed by atoms with Crippen molar-refractivity contribution in [3.8, 4) is 5.75 Å². The van der Waals surface area contributed by atoms with Crippen LogP contribution in [0.25, 0.3) is 0 Å². The molecule has 1 amide bonds. The summed E-state index contributed by atoms with van der Waals surface area (Å²) in [6.45, 7) is 0.369. The number of hydrogen-bond acceptors (Lipinski definition) is 6. The Morgan fingerprint density at radius 1 is 1.40 bits per heavy atom. The predicted octanol–water partition coefficient (Wildman–Crippen LogP) is 0.935. The first-order valence-electron chi connectivity index (χ1n) is 7.74. The van der Waals surface area contributed by atoms with Crippen LogP contribution in [-0.4, -0.2) is 33.7 Å². The van der Waals surface area contributed by atoms with E-state index in [2.05, 4.69) is 4.98 Å². The molecule has 8 nitrogen and oxygen atoms in total. The molecule has 0 spiro atoms. The summed E-state index contributed by atoms with van der Waals surface area (Å²) < 4.78 is 12.4. The van der Waals surface area contributed by atoms with Crippen molar-refractivity contribution in [2.75, 3.05) is 7.11 Å². The highest BCUT2D eigenvalue weighted by Gasteiger charge is 2.65. The number of aryl methyl sites for hydroxylation is 1. The van der Waals surface area contributed by atoms with Gasteiger partial charge < -0.3 is 14.0 Å². The summed E-state index contributed by atoms with van der Waals surface area (Å²) in [4.78, 5) is 27.9. The lowest BCUT2D eigenvalue weighted by atomic mass is 9.93. The lowest BCUT2D eigenvalue weighted by molar-refractivity contribution is -0.146. The topological polar surface area (TPSA) is 103 Å². The Balaban J connectivity index is 1.75. The second-order valence-electron chi connectivity index (χ2n) is 6.00. The monoisotopic (exact) mass is 345 g/mol. The van der Waals surface area contributed by atoms with Gasteiger partial charge in [-0.1, -0.05) is 12.1 Å². The Kier molecular flexibility index (Phi) is 4.45. The Hall–Kier alpha value is -2.87. The predicted molar refractivity (Wildman–Crippen MR) is 85.7 cm³/mol. The molecule has 1 aliphatic carbocycles. The molecule has 1 heterocycles. The van der Waals surface area contributed by atoms with Crippen LogP contribution in [0.2, 0.25) is 0 Å². The first kappa shape index (κ1) is 17.0. The normalized spacial score (nSPS) is 21.5. The van der Waals surface area contributed by atoms with Crippen molar-refractivity contribution in [2.45, 2.75) is 18.4 Å². The van der Waals surface area contributed by atoms with E-state index < -0.39 is 23.2 Å². The van der Waals surface area contributed by atoms with E-state index in [9.17, 15) is 9.59 Å². The average molecular weight is 345 g/mol. The van der Waals surface area contributed by atoms with E-state index in [0.717, 1.165) is 5.69 Å². The van der Waals surface area contributed by atoms with Crippen molar-refractivity contribution in [3.05, 3.63) is 48.0 Å². The maximum absolute atomic E-state index is 12.2. The van der Waals surface area contributed by atoms with Crippen LogP contribution in [0.4, 0.5) is 0 Å². The SMILES string of the molecule is COC(=O)[C@@]1(c2ccc(OCc3cncn3C)cc2)C[C@@H]1C(=O)NO. The van der Waals surface area contributed by atoms with Gasteiger partial charge in [-0.3, -0.25) is 14.8 Å². The molecule has 3 rings (SSSR count). The zero-order chi connectivity index (χ0) is 18.0. The van der Waals surface area contributed by atoms with Crippen LogP contribution < -0.4 is 10.2 Å². The van der Waals surface area contributed by atoms with Gasteiger partial charge in [0.2, 0.25) is 5.91 Å². The molecule has 1 saturated carbocycles. The van der Waals surface area contributed by atoms with Crippen LogP contribution in [0.5, 0.6) is 5.75 Å². The summed E-state index contributed by atoms with van der Waals surface area (Å²) in [7, 11) is 3.16. The maximum atomic E-state index is 12.2. The smallest absolute Gasteiger partial charge is 0.317 e. The number of hydroxylamine groups is 1. The lowest BCUT2D eigenvalue weighted by Gasteiger charge is -2.15. The third-order valence-electron chi connectivity index (χ3n) is 4.61. The molecule has 0 bridgehead atoms. The zero-order valence-corrected chi connectivity index (χ0v) is 13.9. The molecule has 0 saturated heterocycles. The quantitative estimate of drug-likeness (QED) is 0.459. The molecule has 8 heteroatoms. The number of imidazole rings is 1. The summed E-state index contributed by atoms with van der Waals surface area (Å²) in [5.41, 5.74) is 2.13. The van der Waals surface area contributed by atoms with Crippen LogP contribution in [0.15, 0.2) is 36.8 Å². The van der Waals surface area contributed by atoms with Gasteiger partial charge >= 0.3 is 5.97 Å². The highest BCUT2D eigenvalue weighted by Crippen LogP contribution is 2.55. The van der Waals surface area contributed by atoms with Gasteiger partial charge in [0, 0.05) is 7.05 Å². The number of hydrogen-bond donors (Lipinski definition) is 2. The molecule has 132 valence electrons. The molecule has 1 fully saturated rings. The number of nitrogens with zero attached hydrogens (tertiary/aromatic N) is 2. The molecule has 1 aromatic heterocycles. The highest BCUT2D eigenvalue weighted by atomic mass is 16.5. The third-order valence-corrected chi connectivity index (χ3v) is 4.61. The molecular formula is C17H19N3O5. The van der Waals surface area contributed by atoms with Gasteiger partial charge in [0.05, 0.1) is 31.2 Å². The first-order chi connectivity index (χ1) is 12.0. The molecule has 1 aliphatic rings. The minimum Gasteiger partial charge on any atom is -0.487 e. The van der Waals surface area contributed by atoms with Crippen LogP contribution in [0, 0.1) is 5.92 Å². The van der Waals surface area contributed by atoms with Gasteiger partial charge in [-0.15, -0.1) is 0 Å². The van der Waals surface area contributed by atoms with Crippen LogP contribution in [-0.2, 0) is 33.4 Å². The summed E-state index contributed by atoms with van der Waals surface area (Å²) in [6, 6.07) is 6.95. The number of benzene rings is 1. The van der Waals surface area contributed by atoms with E-state index in [1.165, 1.54) is 7.11 Å². The van der Waals surface area contributed by atoms with E-state index in [0.29, 0.717) is 24.3 Å². The highest BCUT2D eigenvalue weighted by molar-refractivity contribution is 5.97. The van der Waals surface area contributed by atoms with Crippen molar-refractivity contribution >= 4 is 11.9 Å². The average Bonchev–Trinajstić information content (AvgIpc) is 3.28. The van der Waals surface area contributed by atoms with Crippen molar-refractivity contribution in [3.63, 3.8) is 0 Å². The largest absolute Gasteiger partial charge is 0.487 e. The number of carbonyl (C=O) groups is 2. The minimum absolute atomic E-state index is 0.293. The number of aromatic nitrogens is 2. The lowest BCUT2D eigenvalue weighted by Crippen LogP contribution is -2.31. The van der Waals surface area contributed by atoms with Crippen molar-refractivity contribution in [2.24, 2.45) is 13.0 Å². The van der Waals surface area contributed by atoms with Crippen LogP contribution in [0.1, 0.15) is 17.7 Å². The Morgan fingerprint density at radius 3 is 2.68 bits per heavy atom. The standard InChI is InChI=1S/C17H19N3O5/c1-20-10-18-8-12(20)9-25-13-5-3-11(4-6-13)17(16(22)24-2)7-14(17)15(21)19-23/h3-6,8,10,14,23H,7,9H2,1-2H3,(H,19,21)/t14-,17-/m1/s1. The summed E-state index contributed by atoms with van der Waals surface area (Å²) in [5.74, 6) is -1.11. The number of amides is 1. The molecular weight excluding hydrogens is 326 g/mol. The number of ether oxygens (including phenoxy) is 2. The molecule has 1 aromatic carbocycles. The van der Waals surface area contributed by atoms with E-state index in [1.54, 1.807) is 42.3 Å². The summed E-state index contributed by atoms with van der Waals surface area (Å²) >= 11 is 0. The van der Waals surface area contributed by atoms with Crippen molar-refractivity contribution in [1.29, 1.82) is 0 Å². The summed E-state index contributed by atoms with van der Waals surface area (Å²) in [6.07, 6.45) is 3.71. The van der Waals surface area contributed by atoms with Crippen molar-refractivity contribution in [1.82, 2.24) is 15.0 Å². The zero-order valence-electron chi connectivity index (χ0n) is 13.9. The van der Waals surface area contributed by atoms with Crippen LogP contribution >= 0.6 is 0 Å². The molecule has 2 aromatic rings. The first-order valence-corrected chi connectivity index (χ1v) is 7.74.